The molecule has 1 saturated carbocycles. The van der Waals surface area contributed by atoms with Gasteiger partial charge >= 0.3 is 0 Å². The first-order valence-corrected chi connectivity index (χ1v) is 7.61. The highest BCUT2D eigenvalue weighted by atomic mass is 16.2. The number of rotatable bonds is 6. The average molecular weight is 269 g/mol. The average Bonchev–Trinajstić information content (AvgIpc) is 2.28. The van der Waals surface area contributed by atoms with Crippen LogP contribution >= 0.6 is 0 Å². The number of amides is 1. The Balaban J connectivity index is 2.57. The third kappa shape index (κ3) is 5.11. The fraction of sp³-hybridized carbons (Fsp3) is 0.933. The Bertz CT molecular complexity index is 285. The zero-order valence-corrected chi connectivity index (χ0v) is 13.1. The molecule has 19 heavy (non-hydrogen) atoms. The van der Waals surface area contributed by atoms with E-state index >= 15 is 0 Å². The maximum atomic E-state index is 12.5. The van der Waals surface area contributed by atoms with Gasteiger partial charge in [0.05, 0.1) is 0 Å². The Labute approximate surface area is 118 Å². The Morgan fingerprint density at radius 2 is 1.84 bits per heavy atom. The van der Waals surface area contributed by atoms with Crippen LogP contribution in [0.2, 0.25) is 0 Å². The molecule has 0 radical (unpaired) electrons. The van der Waals surface area contributed by atoms with Crippen LogP contribution in [0.5, 0.6) is 0 Å². The second-order valence-corrected chi connectivity index (χ2v) is 6.39. The standard InChI is InChI=1S/C15H31N3O/c1-5-18(13(2)12-17(3)4)14(19)11-15(16)9-7-6-8-10-15/h13H,5-12,16H2,1-4H3. The van der Waals surface area contributed by atoms with E-state index in [0.717, 1.165) is 25.9 Å². The largest absolute Gasteiger partial charge is 0.339 e. The van der Waals surface area contributed by atoms with Gasteiger partial charge in [0.2, 0.25) is 5.91 Å². The fourth-order valence-corrected chi connectivity index (χ4v) is 3.20. The molecule has 1 aliphatic carbocycles. The summed E-state index contributed by atoms with van der Waals surface area (Å²) in [6.07, 6.45) is 6.11. The molecule has 4 nitrogen and oxygen atoms in total. The molecule has 1 rings (SSSR count). The van der Waals surface area contributed by atoms with E-state index in [1.165, 1.54) is 19.3 Å². The highest BCUT2D eigenvalue weighted by Crippen LogP contribution is 2.29. The summed E-state index contributed by atoms with van der Waals surface area (Å²) in [5.41, 5.74) is 6.15. The summed E-state index contributed by atoms with van der Waals surface area (Å²) in [5, 5.41) is 0. The maximum absolute atomic E-state index is 12.5. The van der Waals surface area contributed by atoms with E-state index in [2.05, 4.69) is 11.8 Å². The quantitative estimate of drug-likeness (QED) is 0.800. The van der Waals surface area contributed by atoms with E-state index in [-0.39, 0.29) is 17.5 Å². The Kier molecular flexibility index (Phi) is 6.27. The predicted molar refractivity (Wildman–Crippen MR) is 80.0 cm³/mol. The van der Waals surface area contributed by atoms with Crippen molar-refractivity contribution in [2.75, 3.05) is 27.2 Å². The highest BCUT2D eigenvalue weighted by Gasteiger charge is 2.32. The van der Waals surface area contributed by atoms with E-state index in [0.29, 0.717) is 6.42 Å². The third-order valence-corrected chi connectivity index (χ3v) is 4.18. The van der Waals surface area contributed by atoms with Crippen LogP contribution in [0.1, 0.15) is 52.4 Å². The molecule has 0 aromatic rings. The van der Waals surface area contributed by atoms with Gasteiger partial charge in [-0.05, 0) is 40.8 Å². The second kappa shape index (κ2) is 7.25. The normalized spacial score (nSPS) is 20.3. The van der Waals surface area contributed by atoms with Crippen LogP contribution in [0, 0.1) is 0 Å². The lowest BCUT2D eigenvalue weighted by Crippen LogP contribution is -2.50. The summed E-state index contributed by atoms with van der Waals surface area (Å²) in [6, 6.07) is 0.250. The molecule has 0 heterocycles. The first-order chi connectivity index (χ1) is 8.88. The Hall–Kier alpha value is -0.610. The summed E-state index contributed by atoms with van der Waals surface area (Å²) in [6.45, 7) is 5.83. The molecule has 0 aromatic carbocycles. The van der Waals surface area contributed by atoms with Gasteiger partial charge in [-0.15, -0.1) is 0 Å². The van der Waals surface area contributed by atoms with E-state index in [9.17, 15) is 4.79 Å². The lowest BCUT2D eigenvalue weighted by Gasteiger charge is -2.37. The number of nitrogens with zero attached hydrogens (tertiary/aromatic N) is 2. The van der Waals surface area contributed by atoms with Crippen LogP contribution < -0.4 is 5.73 Å². The topological polar surface area (TPSA) is 49.6 Å². The van der Waals surface area contributed by atoms with Gasteiger partial charge in [0.15, 0.2) is 0 Å². The van der Waals surface area contributed by atoms with Crippen molar-refractivity contribution in [3.05, 3.63) is 0 Å². The van der Waals surface area contributed by atoms with E-state index in [1.807, 2.05) is 25.9 Å². The van der Waals surface area contributed by atoms with Gasteiger partial charge in [-0.1, -0.05) is 19.3 Å². The van der Waals surface area contributed by atoms with Crippen molar-refractivity contribution >= 4 is 5.91 Å². The molecular weight excluding hydrogens is 238 g/mol. The van der Waals surface area contributed by atoms with Gasteiger partial charge in [-0.25, -0.2) is 0 Å². The number of nitrogens with two attached hydrogens (primary N) is 1. The lowest BCUT2D eigenvalue weighted by atomic mass is 9.80. The summed E-state index contributed by atoms with van der Waals surface area (Å²) >= 11 is 0. The predicted octanol–water partition coefficient (Wildman–Crippen LogP) is 1.84. The van der Waals surface area contributed by atoms with Crippen LogP contribution in [-0.4, -0.2) is 54.5 Å². The highest BCUT2D eigenvalue weighted by molar-refractivity contribution is 5.77. The third-order valence-electron chi connectivity index (χ3n) is 4.18. The first-order valence-electron chi connectivity index (χ1n) is 7.61. The number of carbonyl (C=O) groups excluding carboxylic acids is 1. The molecule has 0 saturated heterocycles. The van der Waals surface area contributed by atoms with E-state index < -0.39 is 0 Å². The van der Waals surface area contributed by atoms with Crippen molar-refractivity contribution in [2.45, 2.75) is 64.0 Å². The van der Waals surface area contributed by atoms with E-state index in [1.54, 1.807) is 0 Å². The molecule has 1 aliphatic rings. The van der Waals surface area contributed by atoms with Gasteiger partial charge in [-0.3, -0.25) is 4.79 Å². The molecule has 1 atom stereocenters. The van der Waals surface area contributed by atoms with Crippen molar-refractivity contribution in [1.82, 2.24) is 9.80 Å². The number of likely N-dealkylation sites (N-methyl/N-ethyl adjacent to an activating group) is 2. The summed E-state index contributed by atoms with van der Waals surface area (Å²) < 4.78 is 0. The van der Waals surface area contributed by atoms with Crippen molar-refractivity contribution in [1.29, 1.82) is 0 Å². The van der Waals surface area contributed by atoms with E-state index in [4.69, 9.17) is 5.73 Å². The molecule has 4 heteroatoms. The molecule has 0 aliphatic heterocycles. The molecule has 112 valence electrons. The zero-order chi connectivity index (χ0) is 14.5. The fourth-order valence-electron chi connectivity index (χ4n) is 3.20. The summed E-state index contributed by atoms with van der Waals surface area (Å²) in [7, 11) is 4.08. The lowest BCUT2D eigenvalue weighted by molar-refractivity contribution is -0.134. The Morgan fingerprint density at radius 1 is 1.26 bits per heavy atom. The maximum Gasteiger partial charge on any atom is 0.224 e. The second-order valence-electron chi connectivity index (χ2n) is 6.39. The molecule has 1 amide bonds. The number of hydrogen-bond acceptors (Lipinski definition) is 3. The van der Waals surface area contributed by atoms with Gasteiger partial charge in [0, 0.05) is 31.1 Å². The van der Waals surface area contributed by atoms with Gasteiger partial charge in [-0.2, -0.15) is 0 Å². The summed E-state index contributed by atoms with van der Waals surface area (Å²) in [5.74, 6) is 0.223. The van der Waals surface area contributed by atoms with Crippen molar-refractivity contribution in [3.8, 4) is 0 Å². The van der Waals surface area contributed by atoms with Crippen molar-refractivity contribution < 1.29 is 4.79 Å². The zero-order valence-electron chi connectivity index (χ0n) is 13.1. The minimum absolute atomic E-state index is 0.223. The molecule has 1 unspecified atom stereocenters. The van der Waals surface area contributed by atoms with Gasteiger partial charge in [0.1, 0.15) is 0 Å². The first kappa shape index (κ1) is 16.4. The molecule has 0 spiro atoms. The van der Waals surface area contributed by atoms with Crippen LogP contribution in [0.15, 0.2) is 0 Å². The minimum atomic E-state index is -0.249. The molecular formula is C15H31N3O. The smallest absolute Gasteiger partial charge is 0.224 e. The SMILES string of the molecule is CCN(C(=O)CC1(N)CCCCC1)C(C)CN(C)C. The van der Waals surface area contributed by atoms with Crippen molar-refractivity contribution in [3.63, 3.8) is 0 Å². The molecule has 0 aromatic heterocycles. The molecule has 1 fully saturated rings. The van der Waals surface area contributed by atoms with Gasteiger partial charge < -0.3 is 15.5 Å². The monoisotopic (exact) mass is 269 g/mol. The van der Waals surface area contributed by atoms with Crippen LogP contribution in [0.4, 0.5) is 0 Å². The van der Waals surface area contributed by atoms with Crippen molar-refractivity contribution in [2.24, 2.45) is 5.73 Å². The van der Waals surface area contributed by atoms with Gasteiger partial charge in [0.25, 0.3) is 0 Å². The van der Waals surface area contributed by atoms with Crippen LogP contribution in [-0.2, 0) is 4.79 Å². The minimum Gasteiger partial charge on any atom is -0.339 e. The summed E-state index contributed by atoms with van der Waals surface area (Å²) in [4.78, 5) is 16.6. The molecule has 2 N–H and O–H groups in total. The number of hydrogen-bond donors (Lipinski definition) is 1. The molecule has 0 bridgehead atoms. The number of carbonyl (C=O) groups is 1. The van der Waals surface area contributed by atoms with Crippen LogP contribution in [0.3, 0.4) is 0 Å². The Morgan fingerprint density at radius 3 is 2.32 bits per heavy atom. The van der Waals surface area contributed by atoms with Crippen LogP contribution in [0.25, 0.3) is 0 Å².